The van der Waals surface area contributed by atoms with Gasteiger partial charge in [-0.1, -0.05) is 23.7 Å². The van der Waals surface area contributed by atoms with Gasteiger partial charge in [0.05, 0.1) is 4.90 Å². The highest BCUT2D eigenvalue weighted by Gasteiger charge is 2.17. The number of halogens is 3. The number of nitrogens with one attached hydrogen (secondary N) is 4. The maximum Gasteiger partial charge on any atom is 0.269 e. The summed E-state index contributed by atoms with van der Waals surface area (Å²) in [6.45, 7) is 0. The number of hydrazine groups is 1. The number of sulfonamides is 1. The van der Waals surface area contributed by atoms with E-state index in [1.54, 1.807) is 24.3 Å². The summed E-state index contributed by atoms with van der Waals surface area (Å²) in [5.41, 5.74) is 5.65. The van der Waals surface area contributed by atoms with Gasteiger partial charge in [0.2, 0.25) is 0 Å². The lowest BCUT2D eigenvalue weighted by Crippen LogP contribution is -2.43. The first kappa shape index (κ1) is 23.4. The van der Waals surface area contributed by atoms with Crippen molar-refractivity contribution in [2.24, 2.45) is 0 Å². The number of carbonyl (C=O) groups is 1. The third kappa shape index (κ3) is 6.13. The molecule has 0 heterocycles. The average molecular weight is 497 g/mol. The number of hydrogen-bond donors (Lipinski definition) is 4. The van der Waals surface area contributed by atoms with E-state index in [4.69, 9.17) is 23.8 Å². The van der Waals surface area contributed by atoms with Crippen LogP contribution in [0.25, 0.3) is 0 Å². The second-order valence-corrected chi connectivity index (χ2v) is 8.83. The fourth-order valence-electron chi connectivity index (χ4n) is 2.50. The van der Waals surface area contributed by atoms with Gasteiger partial charge in [-0.05, 0) is 66.8 Å². The van der Waals surface area contributed by atoms with Gasteiger partial charge < -0.3 is 5.32 Å². The lowest BCUT2D eigenvalue weighted by Gasteiger charge is -2.13. The molecule has 4 N–H and O–H groups in total. The number of benzene rings is 3. The van der Waals surface area contributed by atoms with E-state index in [9.17, 15) is 22.0 Å². The van der Waals surface area contributed by atoms with Crippen LogP contribution in [-0.2, 0) is 10.0 Å². The Balaban J connectivity index is 1.64. The molecule has 32 heavy (non-hydrogen) atoms. The van der Waals surface area contributed by atoms with Crippen LogP contribution in [-0.4, -0.2) is 19.4 Å². The summed E-state index contributed by atoms with van der Waals surface area (Å²) in [5, 5.41) is 3.43. The van der Waals surface area contributed by atoms with Crippen LogP contribution in [0.1, 0.15) is 10.4 Å². The molecule has 0 aliphatic rings. The van der Waals surface area contributed by atoms with Gasteiger partial charge in [-0.2, -0.15) is 0 Å². The van der Waals surface area contributed by atoms with E-state index in [-0.39, 0.29) is 16.4 Å². The van der Waals surface area contributed by atoms with Gasteiger partial charge in [0.15, 0.2) is 16.7 Å². The van der Waals surface area contributed by atoms with E-state index < -0.39 is 32.5 Å². The zero-order chi connectivity index (χ0) is 23.3. The van der Waals surface area contributed by atoms with E-state index in [2.05, 4.69) is 20.9 Å². The van der Waals surface area contributed by atoms with Crippen molar-refractivity contribution in [3.63, 3.8) is 0 Å². The quantitative estimate of drug-likeness (QED) is 0.314. The molecular formula is C20H15ClF2N4O3S2. The molecule has 0 unspecified atom stereocenters. The Hall–Kier alpha value is -3.28. The van der Waals surface area contributed by atoms with Crippen molar-refractivity contribution >= 4 is 56.2 Å². The molecule has 0 saturated carbocycles. The summed E-state index contributed by atoms with van der Waals surface area (Å²) < 4.78 is 53.5. The molecule has 12 heteroatoms. The normalized spacial score (nSPS) is 10.8. The Bertz CT molecular complexity index is 1290. The molecule has 0 radical (unpaired) electrons. The molecule has 1 amide bonds. The van der Waals surface area contributed by atoms with Crippen LogP contribution in [0.3, 0.4) is 0 Å². The van der Waals surface area contributed by atoms with Gasteiger partial charge in [0.1, 0.15) is 0 Å². The van der Waals surface area contributed by atoms with Gasteiger partial charge in [-0.25, -0.2) is 17.2 Å². The van der Waals surface area contributed by atoms with Crippen LogP contribution in [0.5, 0.6) is 0 Å². The third-order valence-corrected chi connectivity index (χ3v) is 5.77. The lowest BCUT2D eigenvalue weighted by molar-refractivity contribution is 0.0944. The largest absolute Gasteiger partial charge is 0.331 e. The van der Waals surface area contributed by atoms with Crippen LogP contribution in [0.15, 0.2) is 71.6 Å². The molecule has 0 atom stereocenters. The summed E-state index contributed by atoms with van der Waals surface area (Å²) in [7, 11) is -4.20. The molecule has 3 rings (SSSR count). The average Bonchev–Trinajstić information content (AvgIpc) is 2.73. The third-order valence-electron chi connectivity index (χ3n) is 3.95. The Labute approximate surface area is 192 Å². The number of anilines is 2. The van der Waals surface area contributed by atoms with Crippen LogP contribution < -0.4 is 20.9 Å². The molecule has 0 aliphatic heterocycles. The first-order valence-electron chi connectivity index (χ1n) is 8.85. The SMILES string of the molecule is O=C(NNC(=S)Nc1cccc(Cl)c1)c1cccc(NS(=O)(=O)c2ccc(F)c(F)c2)c1. The number of hydrogen-bond acceptors (Lipinski definition) is 4. The van der Waals surface area contributed by atoms with E-state index in [0.29, 0.717) is 22.8 Å². The minimum atomic E-state index is -4.20. The standard InChI is InChI=1S/C20H15ClF2N4O3S2/c21-13-4-2-5-14(10-13)24-20(31)26-25-19(28)12-3-1-6-15(9-12)27-32(29,30)16-7-8-17(22)18(23)11-16/h1-11,27H,(H,25,28)(H2,24,26,31). The number of rotatable bonds is 5. The highest BCUT2D eigenvalue weighted by atomic mass is 35.5. The molecule has 3 aromatic carbocycles. The minimum absolute atomic E-state index is 0.0435. The van der Waals surface area contributed by atoms with Crippen LogP contribution in [0.2, 0.25) is 5.02 Å². The summed E-state index contributed by atoms with van der Waals surface area (Å²) in [6.07, 6.45) is 0. The summed E-state index contributed by atoms with van der Waals surface area (Å²) in [5.74, 6) is -3.07. The Morgan fingerprint density at radius 1 is 0.875 bits per heavy atom. The number of thiocarbonyl (C=S) groups is 1. The molecule has 0 fully saturated rings. The van der Waals surface area contributed by atoms with Crippen molar-refractivity contribution in [1.29, 1.82) is 0 Å². The fraction of sp³-hybridized carbons (Fsp3) is 0. The first-order valence-corrected chi connectivity index (χ1v) is 11.1. The topological polar surface area (TPSA) is 99.3 Å². The Morgan fingerprint density at radius 2 is 1.59 bits per heavy atom. The van der Waals surface area contributed by atoms with E-state index in [1.807, 2.05) is 0 Å². The molecule has 0 spiro atoms. The van der Waals surface area contributed by atoms with Crippen molar-refractivity contribution in [2.45, 2.75) is 4.90 Å². The van der Waals surface area contributed by atoms with E-state index >= 15 is 0 Å². The monoisotopic (exact) mass is 496 g/mol. The lowest BCUT2D eigenvalue weighted by atomic mass is 10.2. The van der Waals surface area contributed by atoms with Crippen LogP contribution >= 0.6 is 23.8 Å². The highest BCUT2D eigenvalue weighted by molar-refractivity contribution is 7.92. The maximum absolute atomic E-state index is 13.4. The van der Waals surface area contributed by atoms with Crippen molar-refractivity contribution in [1.82, 2.24) is 10.9 Å². The highest BCUT2D eigenvalue weighted by Crippen LogP contribution is 2.19. The molecule has 3 aromatic rings. The van der Waals surface area contributed by atoms with Crippen molar-refractivity contribution in [3.8, 4) is 0 Å². The zero-order valence-corrected chi connectivity index (χ0v) is 18.4. The Morgan fingerprint density at radius 3 is 2.31 bits per heavy atom. The van der Waals surface area contributed by atoms with Gasteiger partial charge in [0, 0.05) is 22.0 Å². The summed E-state index contributed by atoms with van der Waals surface area (Å²) in [6, 6.07) is 14.5. The molecule has 7 nitrogen and oxygen atoms in total. The first-order chi connectivity index (χ1) is 15.1. The van der Waals surface area contributed by atoms with Gasteiger partial charge in [-0.15, -0.1) is 0 Å². The Kier molecular flexibility index (Phi) is 7.23. The van der Waals surface area contributed by atoms with E-state index in [1.165, 1.54) is 24.3 Å². The maximum atomic E-state index is 13.4. The van der Waals surface area contributed by atoms with Gasteiger partial charge in [0.25, 0.3) is 15.9 Å². The molecule has 0 bridgehead atoms. The smallest absolute Gasteiger partial charge is 0.269 e. The van der Waals surface area contributed by atoms with Crippen molar-refractivity contribution in [3.05, 3.63) is 89.0 Å². The summed E-state index contributed by atoms with van der Waals surface area (Å²) in [4.78, 5) is 11.9. The molecular weight excluding hydrogens is 482 g/mol. The second kappa shape index (κ2) is 9.90. The zero-order valence-electron chi connectivity index (χ0n) is 16.0. The molecule has 166 valence electrons. The number of amides is 1. The van der Waals surface area contributed by atoms with Crippen molar-refractivity contribution in [2.75, 3.05) is 10.0 Å². The van der Waals surface area contributed by atoms with Gasteiger partial charge >= 0.3 is 0 Å². The molecule has 0 aromatic heterocycles. The van der Waals surface area contributed by atoms with Crippen molar-refractivity contribution < 1.29 is 22.0 Å². The minimum Gasteiger partial charge on any atom is -0.331 e. The van der Waals surface area contributed by atoms with E-state index in [0.717, 1.165) is 6.07 Å². The molecule has 0 aliphatic carbocycles. The van der Waals surface area contributed by atoms with Gasteiger partial charge in [-0.3, -0.25) is 20.4 Å². The predicted octanol–water partition coefficient (Wildman–Crippen LogP) is 4.05. The van der Waals surface area contributed by atoms with Crippen LogP contribution in [0.4, 0.5) is 20.2 Å². The number of carbonyl (C=O) groups excluding carboxylic acids is 1. The second-order valence-electron chi connectivity index (χ2n) is 6.31. The van der Waals surface area contributed by atoms with Crippen LogP contribution in [0, 0.1) is 11.6 Å². The summed E-state index contributed by atoms with van der Waals surface area (Å²) >= 11 is 11.0. The predicted molar refractivity (Wildman–Crippen MR) is 122 cm³/mol. The molecule has 0 saturated heterocycles. The fourth-order valence-corrected chi connectivity index (χ4v) is 3.92.